The van der Waals surface area contributed by atoms with Crippen molar-refractivity contribution in [3.8, 4) is 5.75 Å². The average molecular weight is 290 g/mol. The molecule has 0 saturated heterocycles. The lowest BCUT2D eigenvalue weighted by Crippen LogP contribution is -2.06. The van der Waals surface area contributed by atoms with Crippen LogP contribution in [0.25, 0.3) is 0 Å². The molecule has 0 aliphatic carbocycles. The van der Waals surface area contributed by atoms with Crippen LogP contribution in [0.2, 0.25) is 0 Å². The van der Waals surface area contributed by atoms with Crippen LogP contribution in [0.15, 0.2) is 53.4 Å². The maximum atomic E-state index is 12.2. The van der Waals surface area contributed by atoms with E-state index in [4.69, 9.17) is 0 Å². The van der Waals surface area contributed by atoms with E-state index in [0.717, 1.165) is 0 Å². The summed E-state index contributed by atoms with van der Waals surface area (Å²) in [5.74, 6) is -0.651. The number of carbonyl (C=O) groups excluding carboxylic acids is 1. The lowest BCUT2D eigenvalue weighted by Gasteiger charge is -2.08. The van der Waals surface area contributed by atoms with Gasteiger partial charge in [0.15, 0.2) is 15.6 Å². The SMILES string of the molecule is CC(=O)c1ccc(O)c(CS(=O)(=O)c2ccccc2)c1. The largest absolute Gasteiger partial charge is 0.508 e. The predicted octanol–water partition coefficient (Wildman–Crippen LogP) is 2.57. The Kier molecular flexibility index (Phi) is 3.90. The zero-order valence-corrected chi connectivity index (χ0v) is 11.7. The van der Waals surface area contributed by atoms with Crippen LogP contribution in [-0.4, -0.2) is 19.3 Å². The van der Waals surface area contributed by atoms with Gasteiger partial charge < -0.3 is 5.11 Å². The number of sulfone groups is 1. The molecule has 0 heterocycles. The number of Topliss-reactive ketones (excluding diaryl/α,β-unsaturated/α-hetero) is 1. The Hall–Kier alpha value is -2.14. The number of ketones is 1. The molecule has 2 aromatic rings. The molecule has 0 aliphatic rings. The van der Waals surface area contributed by atoms with Gasteiger partial charge in [0.25, 0.3) is 0 Å². The van der Waals surface area contributed by atoms with E-state index in [0.29, 0.717) is 5.56 Å². The summed E-state index contributed by atoms with van der Waals surface area (Å²) in [6, 6.07) is 12.2. The van der Waals surface area contributed by atoms with E-state index < -0.39 is 9.84 Å². The molecule has 0 amide bonds. The van der Waals surface area contributed by atoms with Gasteiger partial charge in [0.1, 0.15) is 5.75 Å². The van der Waals surface area contributed by atoms with Crippen molar-refractivity contribution in [1.82, 2.24) is 0 Å². The maximum absolute atomic E-state index is 12.2. The molecule has 2 rings (SSSR count). The number of hydrogen-bond donors (Lipinski definition) is 1. The average Bonchev–Trinajstić information content (AvgIpc) is 2.42. The first-order valence-electron chi connectivity index (χ1n) is 6.01. The minimum atomic E-state index is -3.55. The second-order valence-electron chi connectivity index (χ2n) is 4.47. The van der Waals surface area contributed by atoms with Crippen molar-refractivity contribution in [2.75, 3.05) is 0 Å². The highest BCUT2D eigenvalue weighted by molar-refractivity contribution is 7.90. The molecule has 0 atom stereocenters. The first-order chi connectivity index (χ1) is 9.40. The van der Waals surface area contributed by atoms with Crippen molar-refractivity contribution in [3.05, 3.63) is 59.7 Å². The van der Waals surface area contributed by atoms with Crippen molar-refractivity contribution in [2.45, 2.75) is 17.6 Å². The normalized spacial score (nSPS) is 11.2. The molecule has 0 radical (unpaired) electrons. The number of hydrogen-bond acceptors (Lipinski definition) is 4. The molecule has 0 spiro atoms. The molecule has 104 valence electrons. The molecule has 20 heavy (non-hydrogen) atoms. The minimum absolute atomic E-state index is 0.130. The summed E-state index contributed by atoms with van der Waals surface area (Å²) in [7, 11) is -3.55. The highest BCUT2D eigenvalue weighted by Gasteiger charge is 2.18. The van der Waals surface area contributed by atoms with Gasteiger partial charge in [0, 0.05) is 11.1 Å². The lowest BCUT2D eigenvalue weighted by molar-refractivity contribution is 0.101. The molecule has 1 N–H and O–H groups in total. The van der Waals surface area contributed by atoms with E-state index in [1.807, 2.05) is 0 Å². The van der Waals surface area contributed by atoms with Gasteiger partial charge in [0.05, 0.1) is 10.6 Å². The van der Waals surface area contributed by atoms with E-state index in [-0.39, 0.29) is 27.7 Å². The molecule has 0 saturated carbocycles. The number of benzene rings is 2. The molecule has 0 aromatic heterocycles. The number of carbonyl (C=O) groups is 1. The first-order valence-corrected chi connectivity index (χ1v) is 7.66. The number of phenols is 1. The molecule has 0 fully saturated rings. The molecular formula is C15H14O4S. The van der Waals surface area contributed by atoms with E-state index in [1.54, 1.807) is 18.2 Å². The summed E-state index contributed by atoms with van der Waals surface area (Å²) in [5, 5.41) is 9.75. The zero-order valence-electron chi connectivity index (χ0n) is 10.9. The summed E-state index contributed by atoms with van der Waals surface area (Å²) in [6.07, 6.45) is 0. The third kappa shape index (κ3) is 3.05. The van der Waals surface area contributed by atoms with Crippen molar-refractivity contribution in [3.63, 3.8) is 0 Å². The summed E-state index contributed by atoms with van der Waals surface area (Å²) in [6.45, 7) is 1.39. The molecule has 0 bridgehead atoms. The van der Waals surface area contributed by atoms with Crippen molar-refractivity contribution < 1.29 is 18.3 Å². The Morgan fingerprint density at radius 3 is 2.35 bits per heavy atom. The van der Waals surface area contributed by atoms with Crippen LogP contribution in [0.4, 0.5) is 0 Å². The van der Waals surface area contributed by atoms with Crippen LogP contribution in [-0.2, 0) is 15.6 Å². The third-order valence-electron chi connectivity index (χ3n) is 2.93. The van der Waals surface area contributed by atoms with Crippen LogP contribution in [0.5, 0.6) is 5.75 Å². The monoisotopic (exact) mass is 290 g/mol. The molecule has 4 nitrogen and oxygen atoms in total. The minimum Gasteiger partial charge on any atom is -0.508 e. The van der Waals surface area contributed by atoms with Gasteiger partial charge in [-0.3, -0.25) is 4.79 Å². The fourth-order valence-electron chi connectivity index (χ4n) is 1.84. The van der Waals surface area contributed by atoms with Gasteiger partial charge in [-0.1, -0.05) is 18.2 Å². The fraction of sp³-hybridized carbons (Fsp3) is 0.133. The van der Waals surface area contributed by atoms with Crippen molar-refractivity contribution in [2.24, 2.45) is 0 Å². The number of phenolic OH excluding ortho intramolecular Hbond substituents is 1. The Bertz CT molecular complexity index is 734. The predicted molar refractivity (Wildman–Crippen MR) is 75.4 cm³/mol. The highest BCUT2D eigenvalue weighted by atomic mass is 32.2. The zero-order chi connectivity index (χ0) is 14.8. The van der Waals surface area contributed by atoms with E-state index in [1.165, 1.54) is 37.3 Å². The second kappa shape index (κ2) is 5.46. The molecule has 5 heteroatoms. The third-order valence-corrected chi connectivity index (χ3v) is 4.62. The lowest BCUT2D eigenvalue weighted by atomic mass is 10.1. The van der Waals surface area contributed by atoms with Gasteiger partial charge in [-0.05, 0) is 37.3 Å². The van der Waals surface area contributed by atoms with Gasteiger partial charge in [-0.2, -0.15) is 0 Å². The Morgan fingerprint density at radius 1 is 1.10 bits per heavy atom. The quantitative estimate of drug-likeness (QED) is 0.878. The number of rotatable bonds is 4. The van der Waals surface area contributed by atoms with E-state index >= 15 is 0 Å². The van der Waals surface area contributed by atoms with Crippen LogP contribution in [0.1, 0.15) is 22.8 Å². The molecule has 0 unspecified atom stereocenters. The standard InChI is InChI=1S/C15H14O4S/c1-11(16)12-7-8-15(17)13(9-12)10-20(18,19)14-5-3-2-4-6-14/h2-9,17H,10H2,1H3. The fourth-order valence-corrected chi connectivity index (χ4v) is 3.22. The summed E-state index contributed by atoms with van der Waals surface area (Å²) in [5.41, 5.74) is 0.600. The van der Waals surface area contributed by atoms with Gasteiger partial charge >= 0.3 is 0 Å². The Labute approximate surface area is 117 Å². The first kappa shape index (κ1) is 14.3. The second-order valence-corrected chi connectivity index (χ2v) is 6.46. The Balaban J connectivity index is 2.39. The summed E-state index contributed by atoms with van der Waals surface area (Å²) in [4.78, 5) is 11.5. The summed E-state index contributed by atoms with van der Waals surface area (Å²) < 4.78 is 24.5. The Morgan fingerprint density at radius 2 is 1.75 bits per heavy atom. The van der Waals surface area contributed by atoms with E-state index in [2.05, 4.69) is 0 Å². The molecular weight excluding hydrogens is 276 g/mol. The van der Waals surface area contributed by atoms with Crippen LogP contribution >= 0.6 is 0 Å². The van der Waals surface area contributed by atoms with Gasteiger partial charge in [-0.15, -0.1) is 0 Å². The van der Waals surface area contributed by atoms with Crippen molar-refractivity contribution >= 4 is 15.6 Å². The maximum Gasteiger partial charge on any atom is 0.182 e. The molecule has 0 aliphatic heterocycles. The van der Waals surface area contributed by atoms with Crippen LogP contribution in [0, 0.1) is 0 Å². The summed E-state index contributed by atoms with van der Waals surface area (Å²) >= 11 is 0. The van der Waals surface area contributed by atoms with Crippen molar-refractivity contribution in [1.29, 1.82) is 0 Å². The topological polar surface area (TPSA) is 71.4 Å². The molecule has 2 aromatic carbocycles. The van der Waals surface area contributed by atoms with Crippen LogP contribution in [0.3, 0.4) is 0 Å². The number of aromatic hydroxyl groups is 1. The highest BCUT2D eigenvalue weighted by Crippen LogP contribution is 2.24. The van der Waals surface area contributed by atoms with Gasteiger partial charge in [0.2, 0.25) is 0 Å². The van der Waals surface area contributed by atoms with Crippen LogP contribution < -0.4 is 0 Å². The van der Waals surface area contributed by atoms with E-state index in [9.17, 15) is 18.3 Å². The smallest absolute Gasteiger partial charge is 0.182 e. The van der Waals surface area contributed by atoms with Gasteiger partial charge in [-0.25, -0.2) is 8.42 Å².